The van der Waals surface area contributed by atoms with Crippen LogP contribution in [0.4, 0.5) is 0 Å². The van der Waals surface area contributed by atoms with Crippen LogP contribution in [0.3, 0.4) is 0 Å². The molecule has 0 aliphatic heterocycles. The van der Waals surface area contributed by atoms with Crippen molar-refractivity contribution in [1.82, 2.24) is 5.32 Å². The molecule has 0 aromatic carbocycles. The lowest BCUT2D eigenvalue weighted by atomic mass is 9.87. The summed E-state index contributed by atoms with van der Waals surface area (Å²) >= 11 is 0. The zero-order chi connectivity index (χ0) is 14.7. The highest BCUT2D eigenvalue weighted by atomic mass is 16.1. The van der Waals surface area contributed by atoms with E-state index in [1.54, 1.807) is 12.2 Å². The van der Waals surface area contributed by atoms with E-state index in [1.807, 2.05) is 65.1 Å². The maximum atomic E-state index is 12.2. The summed E-state index contributed by atoms with van der Waals surface area (Å²) < 4.78 is 0. The van der Waals surface area contributed by atoms with Gasteiger partial charge in [0.25, 0.3) is 5.91 Å². The average molecular weight is 255 g/mol. The molecular formula is C16H22BNO. The van der Waals surface area contributed by atoms with Gasteiger partial charge in [0, 0.05) is 11.3 Å². The predicted octanol–water partition coefficient (Wildman–Crippen LogP) is 2.79. The monoisotopic (exact) mass is 255 g/mol. The summed E-state index contributed by atoms with van der Waals surface area (Å²) in [4.78, 5) is 12.2. The number of hydrogen-bond donors (Lipinski definition) is 1. The molecule has 0 heterocycles. The van der Waals surface area contributed by atoms with Gasteiger partial charge in [-0.25, -0.2) is 0 Å². The normalized spacial score (nSPS) is 14.2. The number of rotatable bonds is 6. The molecule has 0 saturated carbocycles. The SMILES string of the molecule is BC(=C/C=C)/C(=C\C)C(=O)NC(/C=C\C)=C/C=C\C. The van der Waals surface area contributed by atoms with Crippen LogP contribution in [0, 0.1) is 0 Å². The first kappa shape index (κ1) is 17.0. The van der Waals surface area contributed by atoms with Gasteiger partial charge in [-0.05, 0) is 32.9 Å². The summed E-state index contributed by atoms with van der Waals surface area (Å²) in [6, 6.07) is 0. The molecule has 0 rings (SSSR count). The van der Waals surface area contributed by atoms with Gasteiger partial charge in [0.05, 0.1) is 0 Å². The molecule has 0 spiro atoms. The van der Waals surface area contributed by atoms with Gasteiger partial charge in [0.2, 0.25) is 0 Å². The van der Waals surface area contributed by atoms with E-state index in [4.69, 9.17) is 0 Å². The second-order valence-electron chi connectivity index (χ2n) is 3.89. The number of carbonyl (C=O) groups excluding carboxylic acids is 1. The summed E-state index contributed by atoms with van der Waals surface area (Å²) in [5.41, 5.74) is 2.30. The highest BCUT2D eigenvalue weighted by molar-refractivity contribution is 6.29. The topological polar surface area (TPSA) is 29.1 Å². The van der Waals surface area contributed by atoms with Crippen LogP contribution in [0.15, 0.2) is 71.9 Å². The molecule has 0 fully saturated rings. The lowest BCUT2D eigenvalue weighted by Gasteiger charge is -2.09. The van der Waals surface area contributed by atoms with Crippen molar-refractivity contribution in [2.45, 2.75) is 20.8 Å². The van der Waals surface area contributed by atoms with Crippen molar-refractivity contribution in [2.75, 3.05) is 0 Å². The third-order valence-electron chi connectivity index (χ3n) is 2.40. The van der Waals surface area contributed by atoms with Crippen LogP contribution in [0.5, 0.6) is 0 Å². The van der Waals surface area contributed by atoms with Crippen molar-refractivity contribution < 1.29 is 4.79 Å². The standard InChI is InChI=1S/C16H22BNO/c1-5-9-12-13(10-6-2)18-16(19)14(8-4)15(17)11-7-3/h5-12H,3,17H2,1-2,4H3,(H,18,19)/b9-5-,10-6-,13-12+,14-8+,15-11+. The average Bonchev–Trinajstić information content (AvgIpc) is 2.37. The Kier molecular flexibility index (Phi) is 8.89. The molecule has 0 aromatic rings. The van der Waals surface area contributed by atoms with Crippen molar-refractivity contribution in [2.24, 2.45) is 0 Å². The molecule has 0 saturated heterocycles. The quantitative estimate of drug-likeness (QED) is 0.441. The minimum absolute atomic E-state index is 0.119. The van der Waals surface area contributed by atoms with Crippen LogP contribution in [-0.4, -0.2) is 13.8 Å². The van der Waals surface area contributed by atoms with Crippen LogP contribution >= 0.6 is 0 Å². The molecule has 0 bridgehead atoms. The molecule has 19 heavy (non-hydrogen) atoms. The molecule has 2 nitrogen and oxygen atoms in total. The smallest absolute Gasteiger partial charge is 0.254 e. The van der Waals surface area contributed by atoms with E-state index in [2.05, 4.69) is 11.9 Å². The fraction of sp³-hybridized carbons (Fsp3) is 0.188. The molecule has 1 amide bonds. The van der Waals surface area contributed by atoms with E-state index >= 15 is 0 Å². The molecule has 0 aliphatic carbocycles. The van der Waals surface area contributed by atoms with Gasteiger partial charge in [-0.15, -0.1) is 0 Å². The third kappa shape index (κ3) is 6.46. The van der Waals surface area contributed by atoms with Gasteiger partial charge in [0.15, 0.2) is 0 Å². The molecule has 0 aliphatic rings. The largest absolute Gasteiger partial charge is 0.322 e. The van der Waals surface area contributed by atoms with Crippen LogP contribution in [0.1, 0.15) is 20.8 Å². The minimum atomic E-state index is -0.119. The van der Waals surface area contributed by atoms with Gasteiger partial charge < -0.3 is 5.32 Å². The number of amides is 1. The van der Waals surface area contributed by atoms with Crippen LogP contribution in [-0.2, 0) is 4.79 Å². The molecule has 1 N–H and O–H groups in total. The van der Waals surface area contributed by atoms with Crippen molar-refractivity contribution in [3.8, 4) is 0 Å². The van der Waals surface area contributed by atoms with Gasteiger partial charge in [-0.1, -0.05) is 48.5 Å². The van der Waals surface area contributed by atoms with E-state index in [0.717, 1.165) is 11.2 Å². The van der Waals surface area contributed by atoms with Crippen LogP contribution in [0.25, 0.3) is 0 Å². The summed E-state index contributed by atoms with van der Waals surface area (Å²) in [6.45, 7) is 9.33. The Hall–Kier alpha value is -2.03. The first-order valence-electron chi connectivity index (χ1n) is 6.33. The zero-order valence-corrected chi connectivity index (χ0v) is 12.2. The Bertz CT molecular complexity index is 465. The Labute approximate surface area is 117 Å². The van der Waals surface area contributed by atoms with Gasteiger partial charge in [-0.3, -0.25) is 4.79 Å². The Morgan fingerprint density at radius 2 is 1.84 bits per heavy atom. The third-order valence-corrected chi connectivity index (χ3v) is 2.40. The Balaban J connectivity index is 5.10. The van der Waals surface area contributed by atoms with Crippen LogP contribution < -0.4 is 5.32 Å². The molecule has 3 heteroatoms. The Morgan fingerprint density at radius 1 is 1.16 bits per heavy atom. The van der Waals surface area contributed by atoms with E-state index in [1.165, 1.54) is 0 Å². The fourth-order valence-electron chi connectivity index (χ4n) is 1.52. The molecule has 0 aromatic heterocycles. The lowest BCUT2D eigenvalue weighted by Crippen LogP contribution is -2.24. The Morgan fingerprint density at radius 3 is 2.32 bits per heavy atom. The van der Waals surface area contributed by atoms with Crippen LogP contribution in [0.2, 0.25) is 0 Å². The molecule has 0 radical (unpaired) electrons. The fourth-order valence-corrected chi connectivity index (χ4v) is 1.52. The van der Waals surface area contributed by atoms with E-state index in [0.29, 0.717) is 5.57 Å². The summed E-state index contributed by atoms with van der Waals surface area (Å²) in [6.07, 6.45) is 14.7. The second-order valence-corrected chi connectivity index (χ2v) is 3.89. The number of carbonyl (C=O) groups is 1. The highest BCUT2D eigenvalue weighted by Crippen LogP contribution is 2.08. The number of allylic oxidation sites excluding steroid dienone is 8. The van der Waals surface area contributed by atoms with Gasteiger partial charge in [0.1, 0.15) is 7.85 Å². The maximum absolute atomic E-state index is 12.2. The second kappa shape index (κ2) is 9.95. The number of nitrogens with one attached hydrogen (secondary N) is 1. The molecule has 100 valence electrons. The number of hydrogen-bond acceptors (Lipinski definition) is 1. The first-order valence-corrected chi connectivity index (χ1v) is 6.33. The van der Waals surface area contributed by atoms with Gasteiger partial charge >= 0.3 is 0 Å². The highest BCUT2D eigenvalue weighted by Gasteiger charge is 2.09. The van der Waals surface area contributed by atoms with E-state index in [9.17, 15) is 4.79 Å². The van der Waals surface area contributed by atoms with Crippen molar-refractivity contribution in [3.05, 3.63) is 71.9 Å². The molecule has 0 atom stereocenters. The summed E-state index contributed by atoms with van der Waals surface area (Å²) in [7, 11) is 1.89. The maximum Gasteiger partial charge on any atom is 0.254 e. The van der Waals surface area contributed by atoms with Crippen molar-refractivity contribution >= 4 is 13.8 Å². The van der Waals surface area contributed by atoms with E-state index < -0.39 is 0 Å². The predicted molar refractivity (Wildman–Crippen MR) is 86.4 cm³/mol. The summed E-state index contributed by atoms with van der Waals surface area (Å²) in [5, 5.41) is 2.88. The van der Waals surface area contributed by atoms with Crippen molar-refractivity contribution in [1.29, 1.82) is 0 Å². The van der Waals surface area contributed by atoms with Crippen molar-refractivity contribution in [3.63, 3.8) is 0 Å². The minimum Gasteiger partial charge on any atom is -0.322 e. The zero-order valence-electron chi connectivity index (χ0n) is 12.2. The first-order chi connectivity index (χ1) is 9.10. The van der Waals surface area contributed by atoms with Gasteiger partial charge in [-0.2, -0.15) is 0 Å². The summed E-state index contributed by atoms with van der Waals surface area (Å²) in [5.74, 6) is -0.119. The molecule has 0 unspecified atom stereocenters. The lowest BCUT2D eigenvalue weighted by molar-refractivity contribution is -0.116. The van der Waals surface area contributed by atoms with E-state index in [-0.39, 0.29) is 5.91 Å². The molecular weight excluding hydrogens is 233 g/mol.